The number of carbonyl (C=O) groups is 4. The second-order valence-corrected chi connectivity index (χ2v) is 9.37. The number of rotatable bonds is 7. The van der Waals surface area contributed by atoms with Crippen LogP contribution in [-0.4, -0.2) is 118 Å². The van der Waals surface area contributed by atoms with Crippen LogP contribution in [0.25, 0.3) is 0 Å². The van der Waals surface area contributed by atoms with E-state index >= 15 is 0 Å². The molecule has 0 saturated carbocycles. The molecule has 3 fully saturated rings. The normalized spacial score (nSPS) is 25.3. The third-order valence-corrected chi connectivity index (χ3v) is 6.75. The minimum absolute atomic E-state index is 0.0319. The minimum Gasteiger partial charge on any atom is -0.483 e. The molecule has 4 heterocycles. The van der Waals surface area contributed by atoms with Gasteiger partial charge in [-0.05, 0) is 51.3 Å². The van der Waals surface area contributed by atoms with E-state index in [4.69, 9.17) is 19.8 Å². The first-order chi connectivity index (χ1) is 16.8. The van der Waals surface area contributed by atoms with Gasteiger partial charge in [0.05, 0.1) is 19.1 Å². The highest BCUT2D eigenvalue weighted by molar-refractivity contribution is 5.79. The fourth-order valence-electron chi connectivity index (χ4n) is 5.56. The van der Waals surface area contributed by atoms with Gasteiger partial charge in [0.2, 0.25) is 11.8 Å². The summed E-state index contributed by atoms with van der Waals surface area (Å²) in [6.45, 7) is 4.38. The van der Waals surface area contributed by atoms with Crippen LogP contribution in [0.15, 0.2) is 18.5 Å². The Kier molecular flexibility index (Phi) is 11.6. The second-order valence-electron chi connectivity index (χ2n) is 9.37. The fourth-order valence-corrected chi connectivity index (χ4v) is 5.56. The van der Waals surface area contributed by atoms with E-state index in [-0.39, 0.29) is 30.8 Å². The van der Waals surface area contributed by atoms with Crippen molar-refractivity contribution in [3.05, 3.63) is 18.5 Å². The number of nitrogens with one attached hydrogen (secondary N) is 1. The summed E-state index contributed by atoms with van der Waals surface area (Å²) in [5.41, 5.74) is 0. The standard InChI is InChI=1S/C21H34N6O2.2CH2O2/c1-24(2)15-20(28)22-12-19-17-11-16(18-5-3-6-21(29)27(18)19)13-25(14-17)9-10-26-8-4-7-23-26;2*2-1-3/h4,7-8,16-19H,3,5-6,9-15H2,1-2H3,(H,22,28);2*1H,(H,2,3)/t16-,17+,18+,19+;;/m1../s1. The Morgan fingerprint density at radius 2 is 1.89 bits per heavy atom. The smallest absolute Gasteiger partial charge is 0.290 e. The molecule has 2 bridgehead atoms. The summed E-state index contributed by atoms with van der Waals surface area (Å²) in [4.78, 5) is 48.4. The van der Waals surface area contributed by atoms with Crippen molar-refractivity contribution in [2.75, 3.05) is 46.8 Å². The summed E-state index contributed by atoms with van der Waals surface area (Å²) in [5.74, 6) is 1.28. The Balaban J connectivity index is 0.000000655. The van der Waals surface area contributed by atoms with Crippen molar-refractivity contribution in [1.82, 2.24) is 29.8 Å². The Bertz CT molecular complexity index is 798. The molecule has 196 valence electrons. The first-order valence-corrected chi connectivity index (χ1v) is 11.9. The van der Waals surface area contributed by atoms with Gasteiger partial charge in [-0.15, -0.1) is 0 Å². The van der Waals surface area contributed by atoms with E-state index < -0.39 is 0 Å². The maximum absolute atomic E-state index is 12.8. The monoisotopic (exact) mass is 494 g/mol. The molecule has 3 aliphatic heterocycles. The van der Waals surface area contributed by atoms with Crippen molar-refractivity contribution in [3.63, 3.8) is 0 Å². The van der Waals surface area contributed by atoms with Crippen LogP contribution in [0, 0.1) is 11.8 Å². The van der Waals surface area contributed by atoms with E-state index in [1.54, 1.807) is 0 Å². The summed E-state index contributed by atoms with van der Waals surface area (Å²) in [6, 6.07) is 2.40. The number of hydrogen-bond donors (Lipinski definition) is 3. The average molecular weight is 495 g/mol. The molecule has 3 saturated heterocycles. The van der Waals surface area contributed by atoms with E-state index in [2.05, 4.69) is 20.2 Å². The van der Waals surface area contributed by atoms with Crippen molar-refractivity contribution < 1.29 is 29.4 Å². The number of piperidine rings is 3. The molecule has 4 atom stereocenters. The molecule has 0 unspecified atom stereocenters. The first-order valence-electron chi connectivity index (χ1n) is 11.9. The molecule has 3 aliphatic rings. The topological polar surface area (TPSA) is 148 Å². The van der Waals surface area contributed by atoms with E-state index in [0.29, 0.717) is 37.4 Å². The Labute approximate surface area is 205 Å². The lowest BCUT2D eigenvalue weighted by atomic mass is 9.72. The van der Waals surface area contributed by atoms with Gasteiger partial charge in [-0.25, -0.2) is 0 Å². The highest BCUT2D eigenvalue weighted by Gasteiger charge is 2.49. The second kappa shape index (κ2) is 14.4. The molecule has 12 nitrogen and oxygen atoms in total. The predicted octanol–water partition coefficient (Wildman–Crippen LogP) is -0.336. The molecule has 0 aromatic carbocycles. The lowest BCUT2D eigenvalue weighted by Gasteiger charge is -2.56. The van der Waals surface area contributed by atoms with E-state index in [9.17, 15) is 9.59 Å². The van der Waals surface area contributed by atoms with Crippen LogP contribution in [-0.2, 0) is 25.7 Å². The Morgan fingerprint density at radius 1 is 1.20 bits per heavy atom. The van der Waals surface area contributed by atoms with Gasteiger partial charge in [-0.2, -0.15) is 5.10 Å². The fraction of sp³-hybridized carbons (Fsp3) is 0.696. The minimum atomic E-state index is -0.250. The van der Waals surface area contributed by atoms with Crippen LogP contribution in [0.3, 0.4) is 0 Å². The largest absolute Gasteiger partial charge is 0.483 e. The summed E-state index contributed by atoms with van der Waals surface area (Å²) < 4.78 is 1.99. The molecule has 2 amide bonds. The number of carboxylic acid groups (broad SMARTS) is 2. The number of fused-ring (bicyclic) bond motifs is 4. The molecular formula is C23H38N6O6. The summed E-state index contributed by atoms with van der Waals surface area (Å²) in [5, 5.41) is 21.2. The molecule has 4 rings (SSSR count). The molecule has 35 heavy (non-hydrogen) atoms. The molecule has 0 aliphatic carbocycles. The maximum atomic E-state index is 12.8. The van der Waals surface area contributed by atoms with Gasteiger partial charge >= 0.3 is 0 Å². The SMILES string of the molecule is CN(C)CC(=O)NC[C@H]1[C@H]2C[C@H](CN(CCn3cccn3)C2)[C@@H]2CCCC(=O)N21.O=CO.O=CO. The first kappa shape index (κ1) is 28.2. The molecule has 0 spiro atoms. The lowest BCUT2D eigenvalue weighted by molar-refractivity contribution is -0.153. The number of carbonyl (C=O) groups excluding carboxylic acids is 2. The molecule has 3 N–H and O–H groups in total. The highest BCUT2D eigenvalue weighted by atomic mass is 16.3. The molecule has 1 aromatic heterocycles. The third kappa shape index (κ3) is 8.32. The number of likely N-dealkylation sites (tertiary alicyclic amines) is 1. The van der Waals surface area contributed by atoms with E-state index in [1.165, 1.54) is 6.42 Å². The summed E-state index contributed by atoms with van der Waals surface area (Å²) in [7, 11) is 3.79. The van der Waals surface area contributed by atoms with Gasteiger partial charge in [0.15, 0.2) is 0 Å². The van der Waals surface area contributed by atoms with Crippen LogP contribution in [0.5, 0.6) is 0 Å². The molecule has 0 radical (unpaired) electrons. The van der Waals surface area contributed by atoms with E-state index in [1.807, 2.05) is 42.1 Å². The zero-order valence-corrected chi connectivity index (χ0v) is 20.5. The highest BCUT2D eigenvalue weighted by Crippen LogP contribution is 2.41. The Hall–Kier alpha value is -2.99. The van der Waals surface area contributed by atoms with Gasteiger partial charge in [0.25, 0.3) is 12.9 Å². The van der Waals surface area contributed by atoms with Crippen molar-refractivity contribution in [2.24, 2.45) is 11.8 Å². The average Bonchev–Trinajstić information content (AvgIpc) is 3.32. The van der Waals surface area contributed by atoms with Crippen LogP contribution in [0.2, 0.25) is 0 Å². The number of nitrogens with zero attached hydrogens (tertiary/aromatic N) is 5. The summed E-state index contributed by atoms with van der Waals surface area (Å²) in [6.07, 6.45) is 7.74. The van der Waals surface area contributed by atoms with Gasteiger partial charge in [-0.1, -0.05) is 0 Å². The Morgan fingerprint density at radius 3 is 2.51 bits per heavy atom. The van der Waals surface area contributed by atoms with Crippen molar-refractivity contribution in [1.29, 1.82) is 0 Å². The van der Waals surface area contributed by atoms with Crippen LogP contribution in [0.1, 0.15) is 25.7 Å². The van der Waals surface area contributed by atoms with Crippen LogP contribution >= 0.6 is 0 Å². The van der Waals surface area contributed by atoms with Gasteiger partial charge in [0.1, 0.15) is 0 Å². The number of amides is 2. The van der Waals surface area contributed by atoms with Gasteiger partial charge in [-0.3, -0.25) is 23.9 Å². The van der Waals surface area contributed by atoms with Crippen molar-refractivity contribution in [2.45, 2.75) is 44.3 Å². The molecular weight excluding hydrogens is 456 g/mol. The number of likely N-dealkylation sites (N-methyl/N-ethyl adjacent to an activating group) is 1. The van der Waals surface area contributed by atoms with Crippen molar-refractivity contribution in [3.8, 4) is 0 Å². The van der Waals surface area contributed by atoms with Crippen LogP contribution in [0.4, 0.5) is 0 Å². The predicted molar refractivity (Wildman–Crippen MR) is 127 cm³/mol. The van der Waals surface area contributed by atoms with Crippen LogP contribution < -0.4 is 5.32 Å². The zero-order chi connectivity index (χ0) is 25.8. The quantitative estimate of drug-likeness (QED) is 0.433. The lowest BCUT2D eigenvalue weighted by Crippen LogP contribution is -2.67. The van der Waals surface area contributed by atoms with Crippen molar-refractivity contribution >= 4 is 24.8 Å². The molecule has 12 heteroatoms. The van der Waals surface area contributed by atoms with Gasteiger partial charge < -0.3 is 30.2 Å². The summed E-state index contributed by atoms with van der Waals surface area (Å²) >= 11 is 0. The number of aromatic nitrogens is 2. The number of hydrogen-bond acceptors (Lipinski definition) is 7. The third-order valence-electron chi connectivity index (χ3n) is 6.75. The maximum Gasteiger partial charge on any atom is 0.290 e. The zero-order valence-electron chi connectivity index (χ0n) is 20.5. The van der Waals surface area contributed by atoms with E-state index in [0.717, 1.165) is 39.0 Å². The van der Waals surface area contributed by atoms with Gasteiger partial charge in [0, 0.05) is 51.0 Å². The molecule has 1 aromatic rings.